The lowest BCUT2D eigenvalue weighted by Gasteiger charge is -2.03. The molecule has 0 heterocycles. The van der Waals surface area contributed by atoms with E-state index in [2.05, 4.69) is 4.72 Å². The molecule has 110 valence electrons. The molecule has 2 rings (SSSR count). The molecule has 0 fully saturated rings. The number of sulfonamides is 1. The fourth-order valence-corrected chi connectivity index (χ4v) is 2.71. The molecule has 0 radical (unpaired) electrons. The van der Waals surface area contributed by atoms with E-state index >= 15 is 0 Å². The zero-order valence-corrected chi connectivity index (χ0v) is 12.9. The molecular formula is C16H16ClNO2S. The van der Waals surface area contributed by atoms with Crippen molar-refractivity contribution in [3.63, 3.8) is 0 Å². The van der Waals surface area contributed by atoms with Crippen LogP contribution in [0.2, 0.25) is 5.02 Å². The summed E-state index contributed by atoms with van der Waals surface area (Å²) in [5.41, 5.74) is 1.88. The van der Waals surface area contributed by atoms with Gasteiger partial charge in [-0.3, -0.25) is 0 Å². The van der Waals surface area contributed by atoms with Crippen molar-refractivity contribution in [2.45, 2.75) is 6.42 Å². The second-order valence-corrected chi connectivity index (χ2v) is 6.62. The standard InChI is InChI=1S/C16H16ClNO2S/c17-16-8-6-15(7-9-16)10-12-18-21(19,20)13-11-14-4-2-1-3-5-14/h1-9,11,13,18H,10,12H2. The normalized spacial score (nSPS) is 11.9. The monoisotopic (exact) mass is 321 g/mol. The van der Waals surface area contributed by atoms with Crippen molar-refractivity contribution in [1.29, 1.82) is 0 Å². The number of benzene rings is 2. The predicted molar refractivity (Wildman–Crippen MR) is 87.6 cm³/mol. The van der Waals surface area contributed by atoms with E-state index in [4.69, 9.17) is 11.6 Å². The van der Waals surface area contributed by atoms with Gasteiger partial charge in [-0.1, -0.05) is 54.1 Å². The average molecular weight is 322 g/mol. The molecule has 0 saturated heterocycles. The van der Waals surface area contributed by atoms with Crippen molar-refractivity contribution in [1.82, 2.24) is 4.72 Å². The molecule has 0 aliphatic heterocycles. The Kier molecular flexibility index (Phi) is 5.56. The van der Waals surface area contributed by atoms with Crippen molar-refractivity contribution >= 4 is 27.7 Å². The highest BCUT2D eigenvalue weighted by atomic mass is 35.5. The van der Waals surface area contributed by atoms with Crippen LogP contribution in [0.5, 0.6) is 0 Å². The molecule has 2 aromatic carbocycles. The van der Waals surface area contributed by atoms with E-state index in [0.717, 1.165) is 11.1 Å². The first-order valence-electron chi connectivity index (χ1n) is 6.52. The lowest BCUT2D eigenvalue weighted by Crippen LogP contribution is -2.23. The highest BCUT2D eigenvalue weighted by Gasteiger charge is 2.04. The third kappa shape index (κ3) is 5.71. The summed E-state index contributed by atoms with van der Waals surface area (Å²) in [5.74, 6) is 0. The molecule has 2 aromatic rings. The summed E-state index contributed by atoms with van der Waals surface area (Å²) in [6.07, 6.45) is 2.19. The first-order chi connectivity index (χ1) is 10.1. The Bertz CT molecular complexity index is 695. The minimum Gasteiger partial charge on any atom is -0.211 e. The van der Waals surface area contributed by atoms with Crippen molar-refractivity contribution in [3.8, 4) is 0 Å². The Hall–Kier alpha value is -1.62. The van der Waals surface area contributed by atoms with Gasteiger partial charge in [0, 0.05) is 17.0 Å². The largest absolute Gasteiger partial charge is 0.233 e. The van der Waals surface area contributed by atoms with Crippen LogP contribution < -0.4 is 4.72 Å². The summed E-state index contributed by atoms with van der Waals surface area (Å²) in [5, 5.41) is 1.86. The molecule has 0 aromatic heterocycles. The van der Waals surface area contributed by atoms with Crippen LogP contribution in [0.3, 0.4) is 0 Å². The number of halogens is 1. The van der Waals surface area contributed by atoms with Crippen LogP contribution in [0, 0.1) is 0 Å². The Labute approximate surface area is 130 Å². The van der Waals surface area contributed by atoms with Gasteiger partial charge in [0.25, 0.3) is 0 Å². The summed E-state index contributed by atoms with van der Waals surface area (Å²) < 4.78 is 26.2. The Morgan fingerprint density at radius 3 is 2.33 bits per heavy atom. The van der Waals surface area contributed by atoms with Crippen LogP contribution in [-0.4, -0.2) is 15.0 Å². The molecule has 0 saturated carbocycles. The van der Waals surface area contributed by atoms with Crippen molar-refractivity contribution < 1.29 is 8.42 Å². The molecule has 21 heavy (non-hydrogen) atoms. The molecule has 0 spiro atoms. The highest BCUT2D eigenvalue weighted by Crippen LogP contribution is 2.09. The summed E-state index contributed by atoms with van der Waals surface area (Å²) in [7, 11) is -3.41. The van der Waals surface area contributed by atoms with E-state index in [1.807, 2.05) is 42.5 Å². The van der Waals surface area contributed by atoms with Crippen molar-refractivity contribution in [3.05, 3.63) is 76.2 Å². The third-order valence-electron chi connectivity index (χ3n) is 2.87. The molecule has 0 bridgehead atoms. The first-order valence-corrected chi connectivity index (χ1v) is 8.45. The van der Waals surface area contributed by atoms with Crippen LogP contribution in [0.15, 0.2) is 60.0 Å². The Balaban J connectivity index is 1.87. The van der Waals surface area contributed by atoms with Gasteiger partial charge in [0.05, 0.1) is 0 Å². The second kappa shape index (κ2) is 7.41. The Morgan fingerprint density at radius 2 is 1.67 bits per heavy atom. The van der Waals surface area contributed by atoms with E-state index in [1.54, 1.807) is 18.2 Å². The quantitative estimate of drug-likeness (QED) is 0.885. The smallest absolute Gasteiger partial charge is 0.211 e. The van der Waals surface area contributed by atoms with Crippen LogP contribution in [0.25, 0.3) is 6.08 Å². The van der Waals surface area contributed by atoms with E-state index in [-0.39, 0.29) is 0 Å². The number of rotatable bonds is 6. The number of hydrogen-bond acceptors (Lipinski definition) is 2. The second-order valence-electron chi connectivity index (χ2n) is 4.53. The predicted octanol–water partition coefficient (Wildman–Crippen LogP) is 3.47. The zero-order valence-electron chi connectivity index (χ0n) is 11.4. The number of hydrogen-bond donors (Lipinski definition) is 1. The maximum absolute atomic E-state index is 11.8. The highest BCUT2D eigenvalue weighted by molar-refractivity contribution is 7.92. The minimum absolute atomic E-state index is 0.350. The maximum Gasteiger partial charge on any atom is 0.233 e. The van der Waals surface area contributed by atoms with E-state index in [1.165, 1.54) is 5.41 Å². The van der Waals surface area contributed by atoms with Gasteiger partial charge < -0.3 is 0 Å². The van der Waals surface area contributed by atoms with E-state index in [9.17, 15) is 8.42 Å². The SMILES string of the molecule is O=S(=O)(C=Cc1ccccc1)NCCc1ccc(Cl)cc1. The molecular weight excluding hydrogens is 306 g/mol. The molecule has 0 amide bonds. The average Bonchev–Trinajstić information content (AvgIpc) is 2.48. The van der Waals surface area contributed by atoms with Gasteiger partial charge in [-0.15, -0.1) is 0 Å². The fourth-order valence-electron chi connectivity index (χ4n) is 1.77. The lowest BCUT2D eigenvalue weighted by atomic mass is 10.2. The van der Waals surface area contributed by atoms with Crippen LogP contribution >= 0.6 is 11.6 Å². The molecule has 5 heteroatoms. The lowest BCUT2D eigenvalue weighted by molar-refractivity contribution is 0.591. The Morgan fingerprint density at radius 1 is 1.00 bits per heavy atom. The summed E-state index contributed by atoms with van der Waals surface area (Å²) in [6, 6.07) is 16.7. The van der Waals surface area contributed by atoms with Gasteiger partial charge in [-0.2, -0.15) is 0 Å². The molecule has 0 aliphatic carbocycles. The van der Waals surface area contributed by atoms with Gasteiger partial charge >= 0.3 is 0 Å². The van der Waals surface area contributed by atoms with Crippen LogP contribution in [-0.2, 0) is 16.4 Å². The third-order valence-corrected chi connectivity index (χ3v) is 4.22. The summed E-state index contributed by atoms with van der Waals surface area (Å²) in [6.45, 7) is 0.350. The van der Waals surface area contributed by atoms with Crippen molar-refractivity contribution in [2.75, 3.05) is 6.54 Å². The van der Waals surface area contributed by atoms with E-state index in [0.29, 0.717) is 18.0 Å². The number of nitrogens with one attached hydrogen (secondary N) is 1. The molecule has 1 N–H and O–H groups in total. The van der Waals surface area contributed by atoms with Gasteiger partial charge in [0.15, 0.2) is 0 Å². The van der Waals surface area contributed by atoms with Crippen LogP contribution in [0.4, 0.5) is 0 Å². The topological polar surface area (TPSA) is 46.2 Å². The molecule has 0 unspecified atom stereocenters. The van der Waals surface area contributed by atoms with Crippen molar-refractivity contribution in [2.24, 2.45) is 0 Å². The van der Waals surface area contributed by atoms with Crippen LogP contribution in [0.1, 0.15) is 11.1 Å². The maximum atomic E-state index is 11.8. The van der Waals surface area contributed by atoms with Gasteiger partial charge in [-0.25, -0.2) is 13.1 Å². The summed E-state index contributed by atoms with van der Waals surface area (Å²) >= 11 is 5.80. The summed E-state index contributed by atoms with van der Waals surface area (Å²) in [4.78, 5) is 0. The van der Waals surface area contributed by atoms with Gasteiger partial charge in [0.2, 0.25) is 10.0 Å². The zero-order chi connectivity index (χ0) is 15.1. The van der Waals surface area contributed by atoms with Gasteiger partial charge in [0.1, 0.15) is 0 Å². The first kappa shape index (κ1) is 15.8. The molecule has 0 atom stereocenters. The minimum atomic E-state index is -3.41. The molecule has 3 nitrogen and oxygen atoms in total. The fraction of sp³-hybridized carbons (Fsp3) is 0.125. The van der Waals surface area contributed by atoms with Gasteiger partial charge in [-0.05, 0) is 35.8 Å². The van der Waals surface area contributed by atoms with E-state index < -0.39 is 10.0 Å². The molecule has 0 aliphatic rings.